The minimum atomic E-state index is -4.73. The topological polar surface area (TPSA) is 46.2 Å². The fourth-order valence-corrected chi connectivity index (χ4v) is 1.76. The highest BCUT2D eigenvalue weighted by Gasteiger charge is 2.34. The quantitative estimate of drug-likeness (QED) is 0.833. The van der Waals surface area contributed by atoms with E-state index in [1.807, 2.05) is 6.92 Å². The summed E-state index contributed by atoms with van der Waals surface area (Å²) < 4.78 is 50.6. The average Bonchev–Trinajstić information content (AvgIpc) is 2.34. The molecule has 20 heavy (non-hydrogen) atoms. The molecule has 1 rings (SSSR count). The van der Waals surface area contributed by atoms with Gasteiger partial charge in [-0.2, -0.15) is 13.2 Å². The van der Waals surface area contributed by atoms with Crippen LogP contribution in [0.1, 0.15) is 37.4 Å². The number of benzene rings is 1. The van der Waals surface area contributed by atoms with Crippen LogP contribution in [0.2, 0.25) is 0 Å². The van der Waals surface area contributed by atoms with Crippen LogP contribution in [-0.2, 0) is 6.18 Å². The number of alkyl halides is 3. The van der Waals surface area contributed by atoms with Crippen molar-refractivity contribution in [2.24, 2.45) is 11.7 Å². The zero-order valence-corrected chi connectivity index (χ0v) is 11.9. The zero-order valence-electron chi connectivity index (χ0n) is 11.1. The summed E-state index contributed by atoms with van der Waals surface area (Å²) in [6.45, 7) is 3.62. The van der Waals surface area contributed by atoms with Gasteiger partial charge in [-0.05, 0) is 23.6 Å². The Morgan fingerprint density at radius 1 is 1.30 bits per heavy atom. The molecule has 7 heteroatoms. The Labute approximate surface area is 121 Å². The van der Waals surface area contributed by atoms with Gasteiger partial charge in [0.15, 0.2) is 0 Å². The van der Waals surface area contributed by atoms with E-state index in [1.54, 1.807) is 6.92 Å². The fraction of sp³-hybridized carbons (Fsp3) is 0.538. The summed E-state index contributed by atoms with van der Waals surface area (Å²) in [5.74, 6) is -1.50. The molecule has 0 heterocycles. The van der Waals surface area contributed by atoms with Gasteiger partial charge < -0.3 is 10.8 Å². The van der Waals surface area contributed by atoms with Gasteiger partial charge in [0, 0.05) is 0 Å². The summed E-state index contributed by atoms with van der Waals surface area (Å²) in [6.07, 6.45) is -5.00. The first-order valence-corrected chi connectivity index (χ1v) is 5.98. The molecule has 0 bridgehead atoms. The van der Waals surface area contributed by atoms with E-state index in [-0.39, 0.29) is 23.9 Å². The van der Waals surface area contributed by atoms with Crippen molar-refractivity contribution in [1.29, 1.82) is 0 Å². The summed E-state index contributed by atoms with van der Waals surface area (Å²) in [4.78, 5) is 0. The summed E-state index contributed by atoms with van der Waals surface area (Å²) in [6, 6.07) is 1.57. The molecule has 0 spiro atoms. The highest BCUT2D eigenvalue weighted by Crippen LogP contribution is 2.33. The first kappa shape index (κ1) is 19.1. The summed E-state index contributed by atoms with van der Waals surface area (Å²) in [5.41, 5.74) is 4.56. The van der Waals surface area contributed by atoms with Gasteiger partial charge in [0.25, 0.3) is 0 Å². The lowest BCUT2D eigenvalue weighted by molar-refractivity contribution is -0.140. The van der Waals surface area contributed by atoms with Crippen molar-refractivity contribution in [2.75, 3.05) is 0 Å². The number of nitrogens with two attached hydrogens (primary N) is 1. The fourth-order valence-electron chi connectivity index (χ4n) is 1.76. The molecule has 116 valence electrons. The second-order valence-corrected chi connectivity index (χ2v) is 4.64. The molecule has 0 aromatic heterocycles. The maximum absolute atomic E-state index is 13.4. The normalized spacial score (nSPS) is 16.2. The Morgan fingerprint density at radius 2 is 1.85 bits per heavy atom. The summed E-state index contributed by atoms with van der Waals surface area (Å²) >= 11 is 0. The van der Waals surface area contributed by atoms with Crippen molar-refractivity contribution in [3.8, 4) is 0 Å². The average molecular weight is 316 g/mol. The highest BCUT2D eigenvalue weighted by molar-refractivity contribution is 5.85. The van der Waals surface area contributed by atoms with Crippen molar-refractivity contribution in [3.05, 3.63) is 35.1 Å². The van der Waals surface area contributed by atoms with Gasteiger partial charge in [0.05, 0.1) is 17.7 Å². The van der Waals surface area contributed by atoms with Crippen LogP contribution in [0, 0.1) is 11.7 Å². The van der Waals surface area contributed by atoms with E-state index < -0.39 is 29.7 Å². The molecule has 0 aliphatic heterocycles. The van der Waals surface area contributed by atoms with Gasteiger partial charge in [0.2, 0.25) is 0 Å². The van der Waals surface area contributed by atoms with E-state index in [1.165, 1.54) is 0 Å². The maximum Gasteiger partial charge on any atom is 0.419 e. The van der Waals surface area contributed by atoms with Crippen molar-refractivity contribution >= 4 is 12.4 Å². The second-order valence-electron chi connectivity index (χ2n) is 4.64. The molecule has 0 saturated heterocycles. The third kappa shape index (κ3) is 4.33. The minimum Gasteiger partial charge on any atom is -0.391 e. The first-order chi connectivity index (χ1) is 8.68. The summed E-state index contributed by atoms with van der Waals surface area (Å²) in [7, 11) is 0. The van der Waals surface area contributed by atoms with Crippen molar-refractivity contribution in [1.82, 2.24) is 0 Å². The third-order valence-corrected chi connectivity index (χ3v) is 3.28. The molecule has 0 saturated carbocycles. The molecule has 0 aliphatic rings. The second kappa shape index (κ2) is 7.24. The van der Waals surface area contributed by atoms with Crippen LogP contribution in [0.25, 0.3) is 0 Å². The molecule has 1 aromatic carbocycles. The number of rotatable bonds is 4. The highest BCUT2D eigenvalue weighted by atomic mass is 35.5. The van der Waals surface area contributed by atoms with Gasteiger partial charge in [-0.3, -0.25) is 0 Å². The molecule has 1 aromatic rings. The number of halogens is 5. The van der Waals surface area contributed by atoms with E-state index in [4.69, 9.17) is 5.73 Å². The molecule has 0 amide bonds. The van der Waals surface area contributed by atoms with Crippen molar-refractivity contribution in [2.45, 2.75) is 38.6 Å². The molecule has 0 aliphatic carbocycles. The monoisotopic (exact) mass is 315 g/mol. The molecule has 0 fully saturated rings. The van der Waals surface area contributed by atoms with Gasteiger partial charge in [-0.15, -0.1) is 12.4 Å². The van der Waals surface area contributed by atoms with Gasteiger partial charge in [-0.1, -0.05) is 26.3 Å². The lowest BCUT2D eigenvalue weighted by Crippen LogP contribution is -2.31. The first-order valence-electron chi connectivity index (χ1n) is 5.98. The Kier molecular flexibility index (Phi) is 6.93. The van der Waals surface area contributed by atoms with E-state index in [9.17, 15) is 22.7 Å². The van der Waals surface area contributed by atoms with Crippen LogP contribution in [0.4, 0.5) is 17.6 Å². The lowest BCUT2D eigenvalue weighted by atomic mass is 9.91. The standard InChI is InChI=1S/C13H17F4NO.ClH/c1-3-7(2)12(19)11(18)8-4-5-9(10(14)6-8)13(15,16)17;/h4-7,11-12,19H,3,18H2,1-2H3;1H/t7?,11-,12+;/m0./s1. The Bertz CT molecular complexity index is 439. The Hall–Kier alpha value is -0.850. The van der Waals surface area contributed by atoms with E-state index in [0.717, 1.165) is 12.1 Å². The third-order valence-electron chi connectivity index (χ3n) is 3.28. The molecular weight excluding hydrogens is 298 g/mol. The van der Waals surface area contributed by atoms with Crippen LogP contribution in [0.3, 0.4) is 0 Å². The molecule has 3 N–H and O–H groups in total. The molecule has 3 atom stereocenters. The van der Waals surface area contributed by atoms with E-state index >= 15 is 0 Å². The lowest BCUT2D eigenvalue weighted by Gasteiger charge is -2.24. The van der Waals surface area contributed by atoms with Crippen LogP contribution in [0.15, 0.2) is 18.2 Å². The van der Waals surface area contributed by atoms with E-state index in [0.29, 0.717) is 12.5 Å². The predicted molar refractivity (Wildman–Crippen MR) is 71.0 cm³/mol. The zero-order chi connectivity index (χ0) is 14.8. The molecular formula is C13H18ClF4NO. The van der Waals surface area contributed by atoms with Crippen LogP contribution >= 0.6 is 12.4 Å². The molecule has 2 nitrogen and oxygen atoms in total. The smallest absolute Gasteiger partial charge is 0.391 e. The number of hydrogen-bond donors (Lipinski definition) is 2. The Morgan fingerprint density at radius 3 is 2.25 bits per heavy atom. The van der Waals surface area contributed by atoms with Gasteiger partial charge >= 0.3 is 6.18 Å². The van der Waals surface area contributed by atoms with Crippen LogP contribution in [0.5, 0.6) is 0 Å². The largest absolute Gasteiger partial charge is 0.419 e. The molecule has 0 radical (unpaired) electrons. The van der Waals surface area contributed by atoms with Crippen molar-refractivity contribution in [3.63, 3.8) is 0 Å². The summed E-state index contributed by atoms with van der Waals surface area (Å²) in [5, 5.41) is 9.89. The van der Waals surface area contributed by atoms with E-state index in [2.05, 4.69) is 0 Å². The molecule has 1 unspecified atom stereocenters. The van der Waals surface area contributed by atoms with Crippen LogP contribution < -0.4 is 5.73 Å². The minimum absolute atomic E-state index is 0. The van der Waals surface area contributed by atoms with Crippen LogP contribution in [-0.4, -0.2) is 11.2 Å². The van der Waals surface area contributed by atoms with Gasteiger partial charge in [-0.25, -0.2) is 4.39 Å². The van der Waals surface area contributed by atoms with Gasteiger partial charge in [0.1, 0.15) is 5.82 Å². The Balaban J connectivity index is 0.00000361. The number of aliphatic hydroxyl groups is 1. The number of aliphatic hydroxyl groups excluding tert-OH is 1. The maximum atomic E-state index is 13.4. The predicted octanol–water partition coefficient (Wildman–Crippen LogP) is 3.67. The van der Waals surface area contributed by atoms with Crippen molar-refractivity contribution < 1.29 is 22.7 Å². The number of hydrogen-bond acceptors (Lipinski definition) is 2. The SMILES string of the molecule is CCC(C)[C@@H](O)[C@@H](N)c1ccc(C(F)(F)F)c(F)c1.Cl.